The highest BCUT2D eigenvalue weighted by Crippen LogP contribution is 2.35. The van der Waals surface area contributed by atoms with Crippen molar-refractivity contribution in [2.45, 2.75) is 155 Å². The second kappa shape index (κ2) is 23.5. The summed E-state index contributed by atoms with van der Waals surface area (Å²) in [6, 6.07) is 14.1. The van der Waals surface area contributed by atoms with Crippen molar-refractivity contribution < 1.29 is 28.5 Å². The Morgan fingerprint density at radius 2 is 0.922 bits per heavy atom. The molecule has 1 atom stereocenters. The highest BCUT2D eigenvalue weighted by molar-refractivity contribution is 5.90. The Morgan fingerprint density at radius 3 is 1.31 bits per heavy atom. The smallest absolute Gasteiger partial charge is 0.338 e. The van der Waals surface area contributed by atoms with Crippen LogP contribution in [-0.4, -0.2) is 37.9 Å². The Bertz CT molecular complexity index is 1220. The molecule has 2 saturated carbocycles. The molecule has 0 saturated heterocycles. The van der Waals surface area contributed by atoms with E-state index in [0.29, 0.717) is 24.3 Å². The van der Waals surface area contributed by atoms with E-state index in [2.05, 4.69) is 13.8 Å². The molecular weight excluding hydrogens is 636 g/mol. The largest absolute Gasteiger partial charge is 0.494 e. The van der Waals surface area contributed by atoms with Gasteiger partial charge in [-0.15, -0.1) is 0 Å². The average Bonchev–Trinajstić information content (AvgIpc) is 3.16. The number of rotatable bonds is 23. The molecule has 2 aromatic carbocycles. The maximum atomic E-state index is 12.7. The molecule has 0 radical (unpaired) electrons. The van der Waals surface area contributed by atoms with Gasteiger partial charge in [-0.2, -0.15) is 0 Å². The summed E-state index contributed by atoms with van der Waals surface area (Å²) in [5.74, 6) is 4.20. The molecule has 0 spiro atoms. The standard InChI is InChI=1S/C45H68O6/c1-4-6-8-12-36-16-20-38(21-17-36)14-10-32-48-42-28-24-40(25-29-42)44(46)50-34-35(3)51-45(47)41-26-30-43(31-27-41)49-33-11-15-39-22-18-37(19-23-39)13-9-7-5-2/h24-31,35-39H,4-23,32-34H2,1-3H3. The fourth-order valence-electron chi connectivity index (χ4n) is 8.04. The highest BCUT2D eigenvalue weighted by atomic mass is 16.6. The maximum absolute atomic E-state index is 12.7. The summed E-state index contributed by atoms with van der Waals surface area (Å²) in [6.45, 7) is 7.65. The van der Waals surface area contributed by atoms with Crippen LogP contribution < -0.4 is 9.47 Å². The fraction of sp³-hybridized carbons (Fsp3) is 0.689. The summed E-state index contributed by atoms with van der Waals surface area (Å²) in [6.07, 6.45) is 26.1. The normalized spacial score (nSPS) is 21.1. The van der Waals surface area contributed by atoms with Crippen LogP contribution in [0.5, 0.6) is 11.5 Å². The van der Waals surface area contributed by atoms with Gasteiger partial charge in [-0.3, -0.25) is 0 Å². The zero-order chi connectivity index (χ0) is 36.1. The third-order valence-corrected chi connectivity index (χ3v) is 11.4. The van der Waals surface area contributed by atoms with E-state index in [-0.39, 0.29) is 6.61 Å². The molecule has 2 aromatic rings. The van der Waals surface area contributed by atoms with Crippen LogP contribution in [0.25, 0.3) is 0 Å². The minimum Gasteiger partial charge on any atom is -0.494 e. The fourth-order valence-corrected chi connectivity index (χ4v) is 8.04. The number of hydrogen-bond donors (Lipinski definition) is 0. The summed E-state index contributed by atoms with van der Waals surface area (Å²) in [5, 5.41) is 0. The summed E-state index contributed by atoms with van der Waals surface area (Å²) in [4.78, 5) is 25.3. The minimum absolute atomic E-state index is 0.0226. The van der Waals surface area contributed by atoms with Crippen molar-refractivity contribution in [1.29, 1.82) is 0 Å². The lowest BCUT2D eigenvalue weighted by atomic mass is 9.78. The Hall–Kier alpha value is -3.02. The van der Waals surface area contributed by atoms with E-state index in [0.717, 1.165) is 48.0 Å². The molecule has 1 unspecified atom stereocenters. The number of unbranched alkanes of at least 4 members (excludes halogenated alkanes) is 4. The molecule has 0 bridgehead atoms. The van der Waals surface area contributed by atoms with Crippen molar-refractivity contribution in [3.8, 4) is 11.5 Å². The van der Waals surface area contributed by atoms with Crippen LogP contribution in [0.3, 0.4) is 0 Å². The van der Waals surface area contributed by atoms with Crippen LogP contribution >= 0.6 is 0 Å². The molecule has 0 amide bonds. The van der Waals surface area contributed by atoms with Gasteiger partial charge in [-0.25, -0.2) is 9.59 Å². The van der Waals surface area contributed by atoms with Crippen molar-refractivity contribution >= 4 is 11.9 Å². The predicted octanol–water partition coefficient (Wildman–Crippen LogP) is 12.2. The van der Waals surface area contributed by atoms with E-state index in [1.165, 1.54) is 116 Å². The second-order valence-corrected chi connectivity index (χ2v) is 15.6. The van der Waals surface area contributed by atoms with Crippen molar-refractivity contribution in [3.63, 3.8) is 0 Å². The minimum atomic E-state index is -0.581. The molecule has 2 fully saturated rings. The first-order valence-corrected chi connectivity index (χ1v) is 20.8. The second-order valence-electron chi connectivity index (χ2n) is 15.6. The summed E-state index contributed by atoms with van der Waals surface area (Å²) < 4.78 is 22.9. The predicted molar refractivity (Wildman–Crippen MR) is 207 cm³/mol. The van der Waals surface area contributed by atoms with Gasteiger partial charge in [0.2, 0.25) is 0 Å². The Balaban J connectivity index is 1.03. The SMILES string of the molecule is CCCCCC1CCC(CCCOc2ccc(C(=O)OCC(C)OC(=O)c3ccc(OCCCC4CCC(CCCCC)CC4)cc3)cc2)CC1. The lowest BCUT2D eigenvalue weighted by Crippen LogP contribution is -2.22. The van der Waals surface area contributed by atoms with Gasteiger partial charge in [0, 0.05) is 0 Å². The zero-order valence-electron chi connectivity index (χ0n) is 32.2. The summed E-state index contributed by atoms with van der Waals surface area (Å²) >= 11 is 0. The molecule has 0 aromatic heterocycles. The van der Waals surface area contributed by atoms with Crippen LogP contribution in [0.15, 0.2) is 48.5 Å². The molecule has 2 aliphatic carbocycles. The van der Waals surface area contributed by atoms with Gasteiger partial charge >= 0.3 is 11.9 Å². The van der Waals surface area contributed by atoms with Crippen LogP contribution in [0.2, 0.25) is 0 Å². The maximum Gasteiger partial charge on any atom is 0.338 e. The van der Waals surface area contributed by atoms with Crippen LogP contribution in [0.1, 0.15) is 170 Å². The zero-order valence-corrected chi connectivity index (χ0v) is 32.2. The lowest BCUT2D eigenvalue weighted by Gasteiger charge is -2.28. The summed E-state index contributed by atoms with van der Waals surface area (Å²) in [5.41, 5.74) is 0.884. The number of esters is 2. The molecule has 6 heteroatoms. The Labute approximate surface area is 309 Å². The first-order chi connectivity index (χ1) is 24.9. The first-order valence-electron chi connectivity index (χ1n) is 20.8. The van der Waals surface area contributed by atoms with Gasteiger partial charge in [0.25, 0.3) is 0 Å². The molecule has 0 heterocycles. The molecule has 284 valence electrons. The van der Waals surface area contributed by atoms with Crippen molar-refractivity contribution in [2.24, 2.45) is 23.7 Å². The Kier molecular flexibility index (Phi) is 18.8. The number of hydrogen-bond acceptors (Lipinski definition) is 6. The Morgan fingerprint density at radius 1 is 0.549 bits per heavy atom. The molecule has 4 rings (SSSR count). The van der Waals surface area contributed by atoms with Gasteiger partial charge in [-0.05, 0) is 105 Å². The van der Waals surface area contributed by atoms with E-state index >= 15 is 0 Å². The molecule has 0 N–H and O–H groups in total. The third-order valence-electron chi connectivity index (χ3n) is 11.4. The van der Waals surface area contributed by atoms with Crippen LogP contribution in [-0.2, 0) is 9.47 Å². The van der Waals surface area contributed by atoms with Crippen LogP contribution in [0, 0.1) is 23.7 Å². The first kappa shape index (κ1) is 40.7. The highest BCUT2D eigenvalue weighted by Gasteiger charge is 2.22. The van der Waals surface area contributed by atoms with Gasteiger partial charge in [0.15, 0.2) is 0 Å². The summed E-state index contributed by atoms with van der Waals surface area (Å²) in [7, 11) is 0. The third kappa shape index (κ3) is 15.6. The van der Waals surface area contributed by atoms with Crippen molar-refractivity contribution in [3.05, 3.63) is 59.7 Å². The number of ether oxygens (including phenoxy) is 4. The average molecular weight is 705 g/mol. The van der Waals surface area contributed by atoms with Gasteiger partial charge in [-0.1, -0.05) is 117 Å². The number of carbonyl (C=O) groups excluding carboxylic acids is 2. The molecule has 2 aliphatic rings. The van der Waals surface area contributed by atoms with E-state index < -0.39 is 18.0 Å². The van der Waals surface area contributed by atoms with E-state index in [4.69, 9.17) is 18.9 Å². The van der Waals surface area contributed by atoms with Gasteiger partial charge in [0.1, 0.15) is 24.2 Å². The van der Waals surface area contributed by atoms with E-state index in [9.17, 15) is 9.59 Å². The van der Waals surface area contributed by atoms with Crippen molar-refractivity contribution in [2.75, 3.05) is 19.8 Å². The molecular formula is C45H68O6. The molecule has 6 nitrogen and oxygen atoms in total. The number of benzene rings is 2. The quantitative estimate of drug-likeness (QED) is 0.0847. The molecule has 51 heavy (non-hydrogen) atoms. The van der Waals surface area contributed by atoms with E-state index in [1.54, 1.807) is 31.2 Å². The topological polar surface area (TPSA) is 71.1 Å². The number of carbonyl (C=O) groups is 2. The molecule has 0 aliphatic heterocycles. The van der Waals surface area contributed by atoms with E-state index in [1.807, 2.05) is 24.3 Å². The monoisotopic (exact) mass is 705 g/mol. The van der Waals surface area contributed by atoms with Gasteiger partial charge < -0.3 is 18.9 Å². The lowest BCUT2D eigenvalue weighted by molar-refractivity contribution is 0.00447. The van der Waals surface area contributed by atoms with Crippen LogP contribution in [0.4, 0.5) is 0 Å². The van der Waals surface area contributed by atoms with Crippen molar-refractivity contribution in [1.82, 2.24) is 0 Å². The van der Waals surface area contributed by atoms with Gasteiger partial charge in [0.05, 0.1) is 24.3 Å².